The van der Waals surface area contributed by atoms with Gasteiger partial charge in [0.1, 0.15) is 0 Å². The number of amides is 1. The van der Waals surface area contributed by atoms with E-state index in [4.69, 9.17) is 0 Å². The smallest absolute Gasteiger partial charge is 0.236 e. The molecule has 0 spiro atoms. The molecule has 1 amide bonds. The van der Waals surface area contributed by atoms with Crippen molar-refractivity contribution in [1.29, 1.82) is 0 Å². The lowest BCUT2D eigenvalue weighted by Crippen LogP contribution is -2.49. The molecule has 4 heteroatoms. The molecule has 4 nitrogen and oxygen atoms in total. The predicted octanol–water partition coefficient (Wildman–Crippen LogP) is 2.20. The van der Waals surface area contributed by atoms with E-state index in [0.29, 0.717) is 30.3 Å². The van der Waals surface area contributed by atoms with Crippen molar-refractivity contribution in [3.8, 4) is 0 Å². The van der Waals surface area contributed by atoms with Gasteiger partial charge in [0.15, 0.2) is 0 Å². The summed E-state index contributed by atoms with van der Waals surface area (Å²) in [7, 11) is 0. The van der Waals surface area contributed by atoms with Gasteiger partial charge in [0, 0.05) is 19.1 Å². The van der Waals surface area contributed by atoms with Crippen molar-refractivity contribution in [1.82, 2.24) is 15.1 Å². The number of piperidine rings is 1. The van der Waals surface area contributed by atoms with Crippen LogP contribution in [0.4, 0.5) is 0 Å². The lowest BCUT2D eigenvalue weighted by molar-refractivity contribution is -0.134. The van der Waals surface area contributed by atoms with Crippen LogP contribution in [-0.2, 0) is 4.79 Å². The number of carbonyl (C=O) groups excluding carboxylic acids is 1. The normalized spacial score (nSPS) is 17.0. The summed E-state index contributed by atoms with van der Waals surface area (Å²) in [4.78, 5) is 17.1. The average Bonchev–Trinajstić information content (AvgIpc) is 2.43. The molecule has 1 aliphatic rings. The van der Waals surface area contributed by atoms with Crippen LogP contribution in [0.5, 0.6) is 0 Å². The maximum Gasteiger partial charge on any atom is 0.236 e. The summed E-state index contributed by atoms with van der Waals surface area (Å²) < 4.78 is 0. The van der Waals surface area contributed by atoms with Crippen molar-refractivity contribution in [3.63, 3.8) is 0 Å². The number of likely N-dealkylation sites (N-methyl/N-ethyl adjacent to an activating group) is 1. The van der Waals surface area contributed by atoms with E-state index in [0.717, 1.165) is 45.6 Å². The highest BCUT2D eigenvalue weighted by Gasteiger charge is 2.24. The summed E-state index contributed by atoms with van der Waals surface area (Å²) >= 11 is 0. The van der Waals surface area contributed by atoms with E-state index < -0.39 is 0 Å². The molecule has 0 atom stereocenters. The van der Waals surface area contributed by atoms with Gasteiger partial charge in [0.05, 0.1) is 6.54 Å². The molecule has 0 bridgehead atoms. The molecule has 0 aliphatic carbocycles. The number of nitrogens with one attached hydrogen (secondary N) is 1. The largest absolute Gasteiger partial charge is 0.341 e. The molecule has 0 saturated carbocycles. The van der Waals surface area contributed by atoms with Gasteiger partial charge in [-0.2, -0.15) is 0 Å². The number of hydrogen-bond acceptors (Lipinski definition) is 3. The van der Waals surface area contributed by atoms with Crippen LogP contribution in [-0.4, -0.2) is 61.0 Å². The number of hydrogen-bond donors (Lipinski definition) is 1. The molecule has 1 saturated heterocycles. The molecule has 1 aliphatic heterocycles. The van der Waals surface area contributed by atoms with Crippen LogP contribution in [0.1, 0.15) is 47.5 Å². The fourth-order valence-corrected chi connectivity index (χ4v) is 3.10. The van der Waals surface area contributed by atoms with E-state index >= 15 is 0 Å². The lowest BCUT2D eigenvalue weighted by Gasteiger charge is -2.35. The zero-order chi connectivity index (χ0) is 15.8. The van der Waals surface area contributed by atoms with Crippen molar-refractivity contribution in [2.75, 3.05) is 39.3 Å². The summed E-state index contributed by atoms with van der Waals surface area (Å²) in [5, 5.41) is 3.40. The third kappa shape index (κ3) is 6.79. The Labute approximate surface area is 131 Å². The van der Waals surface area contributed by atoms with Crippen molar-refractivity contribution < 1.29 is 4.79 Å². The molecule has 1 rings (SSSR count). The minimum atomic E-state index is 0.304. The highest BCUT2D eigenvalue weighted by molar-refractivity contribution is 5.78. The average molecular weight is 297 g/mol. The Morgan fingerprint density at radius 2 is 1.62 bits per heavy atom. The molecule has 0 unspecified atom stereocenters. The summed E-state index contributed by atoms with van der Waals surface area (Å²) in [6.45, 7) is 16.4. The summed E-state index contributed by atoms with van der Waals surface area (Å²) in [5.74, 6) is 1.36. The molecule has 0 aromatic heterocycles. The summed E-state index contributed by atoms with van der Waals surface area (Å²) in [5.41, 5.74) is 0. The van der Waals surface area contributed by atoms with Crippen LogP contribution in [0.25, 0.3) is 0 Å². The van der Waals surface area contributed by atoms with Crippen LogP contribution in [0.3, 0.4) is 0 Å². The first kappa shape index (κ1) is 18.4. The number of nitrogens with zero attached hydrogens (tertiary/aromatic N) is 2. The van der Waals surface area contributed by atoms with E-state index in [2.05, 4.69) is 49.7 Å². The van der Waals surface area contributed by atoms with E-state index in [1.54, 1.807) is 0 Å². The topological polar surface area (TPSA) is 35.6 Å². The van der Waals surface area contributed by atoms with Gasteiger partial charge in [0.25, 0.3) is 0 Å². The maximum absolute atomic E-state index is 12.7. The van der Waals surface area contributed by atoms with Crippen LogP contribution in [0.2, 0.25) is 0 Å². The Hall–Kier alpha value is -0.610. The first-order valence-corrected chi connectivity index (χ1v) is 8.66. The van der Waals surface area contributed by atoms with Gasteiger partial charge >= 0.3 is 0 Å². The zero-order valence-electron chi connectivity index (χ0n) is 14.7. The van der Waals surface area contributed by atoms with Gasteiger partial charge in [-0.25, -0.2) is 0 Å². The molecule has 0 aromatic carbocycles. The quantitative estimate of drug-likeness (QED) is 0.746. The second-order valence-corrected chi connectivity index (χ2v) is 7.13. The van der Waals surface area contributed by atoms with Crippen molar-refractivity contribution in [2.24, 2.45) is 11.8 Å². The monoisotopic (exact) mass is 297 g/mol. The summed E-state index contributed by atoms with van der Waals surface area (Å²) in [6, 6.07) is 0.570. The zero-order valence-corrected chi connectivity index (χ0v) is 14.7. The molecule has 0 radical (unpaired) electrons. The Morgan fingerprint density at radius 3 is 2.05 bits per heavy atom. The molecule has 124 valence electrons. The van der Waals surface area contributed by atoms with Gasteiger partial charge in [0.2, 0.25) is 5.91 Å². The first-order valence-electron chi connectivity index (χ1n) is 8.66. The first-order chi connectivity index (χ1) is 9.93. The standard InChI is InChI=1S/C17H35N3O/c1-6-19(16-7-9-18-10-8-16)13-17(21)20(11-14(2)3)12-15(4)5/h14-16,18H,6-13H2,1-5H3. The van der Waals surface area contributed by atoms with E-state index in [1.807, 2.05) is 0 Å². The lowest BCUT2D eigenvalue weighted by atomic mass is 10.0. The SMILES string of the molecule is CCN(CC(=O)N(CC(C)C)CC(C)C)C1CCNCC1. The van der Waals surface area contributed by atoms with Crippen LogP contribution in [0.15, 0.2) is 0 Å². The Balaban J connectivity index is 2.59. The van der Waals surface area contributed by atoms with Crippen molar-refractivity contribution in [3.05, 3.63) is 0 Å². The fourth-order valence-electron chi connectivity index (χ4n) is 3.10. The number of rotatable bonds is 8. The van der Waals surface area contributed by atoms with Gasteiger partial charge in [-0.3, -0.25) is 9.69 Å². The van der Waals surface area contributed by atoms with Crippen LogP contribution >= 0.6 is 0 Å². The third-order valence-electron chi connectivity index (χ3n) is 4.09. The fraction of sp³-hybridized carbons (Fsp3) is 0.941. The number of carbonyl (C=O) groups is 1. The van der Waals surface area contributed by atoms with Gasteiger partial charge in [-0.1, -0.05) is 34.6 Å². The Kier molecular flexibility index (Phi) is 8.27. The molecular formula is C17H35N3O. The van der Waals surface area contributed by atoms with E-state index in [1.165, 1.54) is 0 Å². The molecule has 1 N–H and O–H groups in total. The van der Waals surface area contributed by atoms with Crippen LogP contribution < -0.4 is 5.32 Å². The minimum Gasteiger partial charge on any atom is -0.341 e. The Bertz CT molecular complexity index is 288. The third-order valence-corrected chi connectivity index (χ3v) is 4.09. The van der Waals surface area contributed by atoms with E-state index in [9.17, 15) is 4.79 Å². The van der Waals surface area contributed by atoms with E-state index in [-0.39, 0.29) is 0 Å². The molecule has 1 fully saturated rings. The Morgan fingerprint density at radius 1 is 1.10 bits per heavy atom. The minimum absolute atomic E-state index is 0.304. The molecule has 21 heavy (non-hydrogen) atoms. The molecular weight excluding hydrogens is 262 g/mol. The summed E-state index contributed by atoms with van der Waals surface area (Å²) in [6.07, 6.45) is 2.32. The van der Waals surface area contributed by atoms with Crippen LogP contribution in [0, 0.1) is 11.8 Å². The molecule has 0 aromatic rings. The van der Waals surface area contributed by atoms with Gasteiger partial charge < -0.3 is 10.2 Å². The highest BCUT2D eigenvalue weighted by Crippen LogP contribution is 2.13. The van der Waals surface area contributed by atoms with Gasteiger partial charge in [-0.15, -0.1) is 0 Å². The van der Waals surface area contributed by atoms with Crippen molar-refractivity contribution in [2.45, 2.75) is 53.5 Å². The van der Waals surface area contributed by atoms with Crippen molar-refractivity contribution >= 4 is 5.91 Å². The maximum atomic E-state index is 12.7. The predicted molar refractivity (Wildman–Crippen MR) is 89.4 cm³/mol. The molecule has 1 heterocycles. The highest BCUT2D eigenvalue weighted by atomic mass is 16.2. The van der Waals surface area contributed by atoms with Gasteiger partial charge in [-0.05, 0) is 44.3 Å². The second kappa shape index (κ2) is 9.42. The second-order valence-electron chi connectivity index (χ2n) is 7.13.